The molecule has 1 heterocycles. The van der Waals surface area contributed by atoms with E-state index >= 15 is 0 Å². The number of hydrogen-bond acceptors (Lipinski definition) is 2. The van der Waals surface area contributed by atoms with E-state index in [4.69, 9.17) is 5.73 Å². The Labute approximate surface area is 96.5 Å². The number of nitrogens with zero attached hydrogens (tertiary/aromatic N) is 2. The highest BCUT2D eigenvalue weighted by atomic mass is 15.1. The number of benzene rings is 1. The van der Waals surface area contributed by atoms with E-state index in [2.05, 4.69) is 55.0 Å². The van der Waals surface area contributed by atoms with Crippen LogP contribution in [0.1, 0.15) is 11.1 Å². The zero-order chi connectivity index (χ0) is 11.7. The van der Waals surface area contributed by atoms with Crippen molar-refractivity contribution < 1.29 is 0 Å². The number of rotatable bonds is 3. The highest BCUT2D eigenvalue weighted by Crippen LogP contribution is 2.25. The molecule has 2 rings (SSSR count). The van der Waals surface area contributed by atoms with Gasteiger partial charge in [-0.25, -0.2) is 0 Å². The third-order valence-corrected chi connectivity index (χ3v) is 2.89. The van der Waals surface area contributed by atoms with Crippen molar-refractivity contribution in [3.8, 4) is 0 Å². The summed E-state index contributed by atoms with van der Waals surface area (Å²) in [7, 11) is 6.26. The molecule has 0 aliphatic heterocycles. The summed E-state index contributed by atoms with van der Waals surface area (Å²) in [6.07, 6.45) is 2.20. The smallest absolute Gasteiger partial charge is 0.0484 e. The predicted octanol–water partition coefficient (Wildman–Crippen LogP) is 1.70. The Bertz CT molecular complexity index is 497. The highest BCUT2D eigenvalue weighted by molar-refractivity contribution is 5.87. The van der Waals surface area contributed by atoms with Crippen LogP contribution < -0.4 is 5.73 Å². The fourth-order valence-electron chi connectivity index (χ4n) is 2.25. The Kier molecular flexibility index (Phi) is 2.99. The molecule has 0 aliphatic carbocycles. The molecule has 0 unspecified atom stereocenters. The molecule has 2 aromatic rings. The van der Waals surface area contributed by atoms with Crippen molar-refractivity contribution in [1.82, 2.24) is 9.47 Å². The lowest BCUT2D eigenvalue weighted by Gasteiger charge is -2.09. The van der Waals surface area contributed by atoms with E-state index in [0.29, 0.717) is 6.54 Å². The summed E-state index contributed by atoms with van der Waals surface area (Å²) < 4.78 is 2.17. The van der Waals surface area contributed by atoms with Crippen LogP contribution in [0, 0.1) is 0 Å². The van der Waals surface area contributed by atoms with E-state index in [1.54, 1.807) is 0 Å². The molecule has 1 aromatic heterocycles. The van der Waals surface area contributed by atoms with Crippen LogP contribution >= 0.6 is 0 Å². The summed E-state index contributed by atoms with van der Waals surface area (Å²) in [5.74, 6) is 0. The molecule has 0 saturated heterocycles. The predicted molar refractivity (Wildman–Crippen MR) is 68.2 cm³/mol. The molecular formula is C13H19N3. The van der Waals surface area contributed by atoms with Crippen LogP contribution in [0.25, 0.3) is 10.9 Å². The second-order valence-electron chi connectivity index (χ2n) is 4.52. The van der Waals surface area contributed by atoms with Gasteiger partial charge in [-0.2, -0.15) is 0 Å². The van der Waals surface area contributed by atoms with E-state index in [9.17, 15) is 0 Å². The molecule has 1 aromatic carbocycles. The average Bonchev–Trinajstić information content (AvgIpc) is 2.55. The number of aryl methyl sites for hydroxylation is 1. The lowest BCUT2D eigenvalue weighted by molar-refractivity contribution is 0.403. The Hall–Kier alpha value is -1.32. The van der Waals surface area contributed by atoms with Gasteiger partial charge in [0.25, 0.3) is 0 Å². The van der Waals surface area contributed by atoms with Gasteiger partial charge in [-0.05, 0) is 31.3 Å². The third kappa shape index (κ3) is 1.84. The SMILES string of the molecule is CN(C)Cc1cn(C)c2cccc(CN)c12. The van der Waals surface area contributed by atoms with Crippen LogP contribution in [0.2, 0.25) is 0 Å². The van der Waals surface area contributed by atoms with E-state index in [1.807, 2.05) is 0 Å². The number of hydrogen-bond donors (Lipinski definition) is 1. The summed E-state index contributed by atoms with van der Waals surface area (Å²) in [6, 6.07) is 6.33. The maximum absolute atomic E-state index is 5.80. The maximum Gasteiger partial charge on any atom is 0.0484 e. The third-order valence-electron chi connectivity index (χ3n) is 2.89. The normalized spacial score (nSPS) is 11.6. The van der Waals surface area contributed by atoms with Gasteiger partial charge in [-0.15, -0.1) is 0 Å². The molecule has 3 heteroatoms. The first kappa shape index (κ1) is 11.2. The van der Waals surface area contributed by atoms with E-state index < -0.39 is 0 Å². The Morgan fingerprint density at radius 2 is 2.00 bits per heavy atom. The van der Waals surface area contributed by atoms with Crippen molar-refractivity contribution in [2.75, 3.05) is 14.1 Å². The summed E-state index contributed by atoms with van der Waals surface area (Å²) >= 11 is 0. The van der Waals surface area contributed by atoms with Crippen molar-refractivity contribution in [2.45, 2.75) is 13.1 Å². The van der Waals surface area contributed by atoms with Crippen molar-refractivity contribution in [2.24, 2.45) is 12.8 Å². The first-order valence-corrected chi connectivity index (χ1v) is 5.54. The largest absolute Gasteiger partial charge is 0.350 e. The molecule has 0 spiro atoms. The maximum atomic E-state index is 5.80. The van der Waals surface area contributed by atoms with E-state index in [1.165, 1.54) is 22.0 Å². The summed E-state index contributed by atoms with van der Waals surface area (Å²) in [5.41, 5.74) is 9.65. The van der Waals surface area contributed by atoms with Gasteiger partial charge in [-0.3, -0.25) is 0 Å². The Balaban J connectivity index is 2.64. The average molecular weight is 217 g/mol. The number of aromatic nitrogens is 1. The second-order valence-corrected chi connectivity index (χ2v) is 4.52. The van der Waals surface area contributed by atoms with Crippen LogP contribution in [0.3, 0.4) is 0 Å². The van der Waals surface area contributed by atoms with Gasteiger partial charge >= 0.3 is 0 Å². The molecule has 0 bridgehead atoms. The van der Waals surface area contributed by atoms with E-state index in [0.717, 1.165) is 6.54 Å². The summed E-state index contributed by atoms with van der Waals surface area (Å²) in [4.78, 5) is 2.18. The van der Waals surface area contributed by atoms with Gasteiger partial charge < -0.3 is 15.2 Å². The summed E-state index contributed by atoms with van der Waals surface area (Å²) in [5, 5.41) is 1.32. The van der Waals surface area contributed by atoms with Crippen molar-refractivity contribution in [3.63, 3.8) is 0 Å². The van der Waals surface area contributed by atoms with Gasteiger partial charge in [-0.1, -0.05) is 12.1 Å². The molecule has 2 N–H and O–H groups in total. The molecule has 0 radical (unpaired) electrons. The Morgan fingerprint density at radius 3 is 2.62 bits per heavy atom. The molecule has 0 fully saturated rings. The molecule has 0 amide bonds. The molecule has 0 atom stereocenters. The van der Waals surface area contributed by atoms with Gasteiger partial charge in [0.2, 0.25) is 0 Å². The minimum atomic E-state index is 0.599. The molecule has 0 saturated carbocycles. The monoisotopic (exact) mass is 217 g/mol. The van der Waals surface area contributed by atoms with Crippen molar-refractivity contribution >= 4 is 10.9 Å². The Morgan fingerprint density at radius 1 is 1.25 bits per heavy atom. The van der Waals surface area contributed by atoms with E-state index in [-0.39, 0.29) is 0 Å². The highest BCUT2D eigenvalue weighted by Gasteiger charge is 2.10. The quantitative estimate of drug-likeness (QED) is 0.849. The minimum Gasteiger partial charge on any atom is -0.350 e. The van der Waals surface area contributed by atoms with Crippen LogP contribution in [-0.2, 0) is 20.1 Å². The first-order valence-electron chi connectivity index (χ1n) is 5.54. The molecular weight excluding hydrogens is 198 g/mol. The molecule has 86 valence electrons. The minimum absolute atomic E-state index is 0.599. The van der Waals surface area contributed by atoms with Gasteiger partial charge in [0.05, 0.1) is 0 Å². The lowest BCUT2D eigenvalue weighted by atomic mass is 10.1. The van der Waals surface area contributed by atoms with Crippen LogP contribution in [0.4, 0.5) is 0 Å². The molecule has 16 heavy (non-hydrogen) atoms. The second kappa shape index (κ2) is 4.28. The first-order chi connectivity index (χ1) is 7.63. The zero-order valence-corrected chi connectivity index (χ0v) is 10.2. The van der Waals surface area contributed by atoms with Crippen LogP contribution in [-0.4, -0.2) is 23.6 Å². The van der Waals surface area contributed by atoms with Gasteiger partial charge in [0.1, 0.15) is 0 Å². The summed E-state index contributed by atoms with van der Waals surface area (Å²) in [6.45, 7) is 1.55. The van der Waals surface area contributed by atoms with Crippen LogP contribution in [0.5, 0.6) is 0 Å². The zero-order valence-electron chi connectivity index (χ0n) is 10.2. The van der Waals surface area contributed by atoms with Gasteiger partial charge in [0, 0.05) is 37.2 Å². The number of fused-ring (bicyclic) bond motifs is 1. The topological polar surface area (TPSA) is 34.2 Å². The van der Waals surface area contributed by atoms with Gasteiger partial charge in [0.15, 0.2) is 0 Å². The van der Waals surface area contributed by atoms with Crippen molar-refractivity contribution in [3.05, 3.63) is 35.5 Å². The molecule has 3 nitrogen and oxygen atoms in total. The van der Waals surface area contributed by atoms with Crippen LogP contribution in [0.15, 0.2) is 24.4 Å². The fourth-order valence-corrected chi connectivity index (χ4v) is 2.25. The fraction of sp³-hybridized carbons (Fsp3) is 0.385. The molecule has 0 aliphatic rings. The number of nitrogens with two attached hydrogens (primary N) is 1. The van der Waals surface area contributed by atoms with Crippen molar-refractivity contribution in [1.29, 1.82) is 0 Å². The standard InChI is InChI=1S/C13H19N3/c1-15(2)8-11-9-16(3)12-6-4-5-10(7-14)13(11)12/h4-6,9H,7-8,14H2,1-3H3. The lowest BCUT2D eigenvalue weighted by Crippen LogP contribution is -2.10.